The molecule has 1 unspecified atom stereocenters. The Morgan fingerprint density at radius 3 is 2.69 bits per heavy atom. The van der Waals surface area contributed by atoms with Crippen LogP contribution in [-0.4, -0.2) is 22.0 Å². The van der Waals surface area contributed by atoms with E-state index in [9.17, 15) is 0 Å². The van der Waals surface area contributed by atoms with E-state index in [-0.39, 0.29) is 0 Å². The Morgan fingerprint density at radius 2 is 2.15 bits per heavy atom. The standard InChI is InChI=1S/C8H15N3OS/c1-3-7-10-11-8(12-7)5-13-6(2)4-9/h6H,3-5,9H2,1-2H3. The monoisotopic (exact) mass is 201 g/mol. The van der Waals surface area contributed by atoms with Crippen LogP contribution in [-0.2, 0) is 12.2 Å². The minimum atomic E-state index is 0.442. The van der Waals surface area contributed by atoms with Gasteiger partial charge in [-0.2, -0.15) is 0 Å². The molecule has 0 aromatic carbocycles. The molecule has 0 fully saturated rings. The lowest BCUT2D eigenvalue weighted by molar-refractivity contribution is 0.470. The highest BCUT2D eigenvalue weighted by molar-refractivity contribution is 7.99. The molecule has 0 saturated heterocycles. The van der Waals surface area contributed by atoms with Gasteiger partial charge in [0.05, 0.1) is 5.75 Å². The average molecular weight is 201 g/mol. The molecule has 0 radical (unpaired) electrons. The maximum atomic E-state index is 5.48. The van der Waals surface area contributed by atoms with Crippen molar-refractivity contribution in [3.63, 3.8) is 0 Å². The zero-order chi connectivity index (χ0) is 9.68. The molecule has 0 spiro atoms. The summed E-state index contributed by atoms with van der Waals surface area (Å²) < 4.78 is 5.34. The SMILES string of the molecule is CCc1nnc(CSC(C)CN)o1. The van der Waals surface area contributed by atoms with E-state index in [2.05, 4.69) is 17.1 Å². The van der Waals surface area contributed by atoms with Crippen molar-refractivity contribution in [2.75, 3.05) is 6.54 Å². The predicted molar refractivity (Wildman–Crippen MR) is 53.5 cm³/mol. The molecule has 4 nitrogen and oxygen atoms in total. The minimum absolute atomic E-state index is 0.442. The van der Waals surface area contributed by atoms with Crippen molar-refractivity contribution in [3.05, 3.63) is 11.8 Å². The number of aromatic nitrogens is 2. The molecule has 2 N–H and O–H groups in total. The van der Waals surface area contributed by atoms with Gasteiger partial charge < -0.3 is 10.2 Å². The maximum Gasteiger partial charge on any atom is 0.226 e. The molecule has 0 saturated carbocycles. The number of nitrogens with zero attached hydrogens (tertiary/aromatic N) is 2. The Hall–Kier alpha value is -0.550. The van der Waals surface area contributed by atoms with Gasteiger partial charge in [0.2, 0.25) is 11.8 Å². The fourth-order valence-electron chi connectivity index (χ4n) is 0.771. The molecule has 5 heteroatoms. The van der Waals surface area contributed by atoms with Crippen LogP contribution in [0.4, 0.5) is 0 Å². The van der Waals surface area contributed by atoms with Gasteiger partial charge in [-0.25, -0.2) is 0 Å². The Labute approximate surface area is 82.3 Å². The van der Waals surface area contributed by atoms with Gasteiger partial charge >= 0.3 is 0 Å². The predicted octanol–water partition coefficient (Wildman–Crippen LogP) is 1.21. The van der Waals surface area contributed by atoms with Gasteiger partial charge in [0.15, 0.2) is 0 Å². The first kappa shape index (κ1) is 10.5. The first-order valence-corrected chi connectivity index (χ1v) is 5.44. The second-order valence-corrected chi connectivity index (χ2v) is 4.23. The van der Waals surface area contributed by atoms with E-state index < -0.39 is 0 Å². The summed E-state index contributed by atoms with van der Waals surface area (Å²) in [6.45, 7) is 4.76. The van der Waals surface area contributed by atoms with Crippen LogP contribution < -0.4 is 5.73 Å². The third-order valence-electron chi connectivity index (χ3n) is 1.63. The molecule has 0 aliphatic heterocycles. The van der Waals surface area contributed by atoms with Crippen molar-refractivity contribution in [1.29, 1.82) is 0 Å². The van der Waals surface area contributed by atoms with Crippen molar-refractivity contribution in [1.82, 2.24) is 10.2 Å². The van der Waals surface area contributed by atoms with E-state index >= 15 is 0 Å². The highest BCUT2D eigenvalue weighted by Gasteiger charge is 2.06. The van der Waals surface area contributed by atoms with Crippen molar-refractivity contribution in [2.45, 2.75) is 31.3 Å². The summed E-state index contributed by atoms with van der Waals surface area (Å²) in [4.78, 5) is 0. The number of hydrogen-bond donors (Lipinski definition) is 1. The second-order valence-electron chi connectivity index (χ2n) is 2.80. The van der Waals surface area contributed by atoms with E-state index in [1.165, 1.54) is 0 Å². The van der Waals surface area contributed by atoms with E-state index in [1.807, 2.05) is 6.92 Å². The Bertz CT molecular complexity index is 251. The third-order valence-corrected chi connectivity index (χ3v) is 2.81. The van der Waals surface area contributed by atoms with Gasteiger partial charge in [-0.05, 0) is 0 Å². The summed E-state index contributed by atoms with van der Waals surface area (Å²) in [7, 11) is 0. The molecule has 74 valence electrons. The molecule has 0 aliphatic carbocycles. The molecule has 0 aliphatic rings. The van der Waals surface area contributed by atoms with Gasteiger partial charge in [-0.3, -0.25) is 0 Å². The molecule has 13 heavy (non-hydrogen) atoms. The minimum Gasteiger partial charge on any atom is -0.424 e. The summed E-state index contributed by atoms with van der Waals surface area (Å²) in [6.07, 6.45) is 0.796. The molecule has 1 heterocycles. The quantitative estimate of drug-likeness (QED) is 0.775. The molecule has 0 bridgehead atoms. The van der Waals surface area contributed by atoms with Crippen molar-refractivity contribution in [3.8, 4) is 0 Å². The zero-order valence-electron chi connectivity index (χ0n) is 7.99. The molecule has 1 rings (SSSR count). The van der Waals surface area contributed by atoms with E-state index in [4.69, 9.17) is 10.2 Å². The number of thioether (sulfide) groups is 1. The largest absolute Gasteiger partial charge is 0.424 e. The van der Waals surface area contributed by atoms with Crippen LogP contribution in [0.2, 0.25) is 0 Å². The average Bonchev–Trinajstić information content (AvgIpc) is 2.61. The van der Waals surface area contributed by atoms with Crippen LogP contribution in [0.1, 0.15) is 25.6 Å². The molecule has 1 atom stereocenters. The molecular weight excluding hydrogens is 186 g/mol. The summed E-state index contributed by atoms with van der Waals surface area (Å²) >= 11 is 1.73. The summed E-state index contributed by atoms with van der Waals surface area (Å²) in [5.74, 6) is 2.16. The summed E-state index contributed by atoms with van der Waals surface area (Å²) in [5.41, 5.74) is 5.48. The fraction of sp³-hybridized carbons (Fsp3) is 0.750. The number of aryl methyl sites for hydroxylation is 1. The van der Waals surface area contributed by atoms with Crippen molar-refractivity contribution < 1.29 is 4.42 Å². The zero-order valence-corrected chi connectivity index (χ0v) is 8.80. The Morgan fingerprint density at radius 1 is 1.46 bits per heavy atom. The summed E-state index contributed by atoms with van der Waals surface area (Å²) in [5, 5.41) is 8.23. The smallest absolute Gasteiger partial charge is 0.226 e. The fourth-order valence-corrected chi connectivity index (χ4v) is 1.45. The molecular formula is C8H15N3OS. The lowest BCUT2D eigenvalue weighted by atomic mass is 10.5. The van der Waals surface area contributed by atoms with Crippen LogP contribution >= 0.6 is 11.8 Å². The molecule has 1 aromatic rings. The van der Waals surface area contributed by atoms with Gasteiger partial charge in [0.25, 0.3) is 0 Å². The third kappa shape index (κ3) is 3.36. The first-order valence-electron chi connectivity index (χ1n) is 4.39. The summed E-state index contributed by atoms with van der Waals surface area (Å²) in [6, 6.07) is 0. The van der Waals surface area contributed by atoms with Gasteiger partial charge in [-0.15, -0.1) is 22.0 Å². The van der Waals surface area contributed by atoms with Gasteiger partial charge in [0, 0.05) is 18.2 Å². The van der Waals surface area contributed by atoms with Crippen molar-refractivity contribution in [2.24, 2.45) is 5.73 Å². The van der Waals surface area contributed by atoms with Crippen LogP contribution in [0, 0.1) is 0 Å². The lowest BCUT2D eigenvalue weighted by Crippen LogP contribution is -2.12. The maximum absolute atomic E-state index is 5.48. The number of nitrogens with two attached hydrogens (primary N) is 1. The Kier molecular flexibility index (Phi) is 4.24. The van der Waals surface area contributed by atoms with Crippen molar-refractivity contribution >= 4 is 11.8 Å². The first-order chi connectivity index (χ1) is 6.26. The normalized spacial score (nSPS) is 13.2. The lowest BCUT2D eigenvalue weighted by Gasteiger charge is -2.04. The van der Waals surface area contributed by atoms with E-state index in [0.717, 1.165) is 12.2 Å². The molecule has 1 aromatic heterocycles. The van der Waals surface area contributed by atoms with Gasteiger partial charge in [0.1, 0.15) is 0 Å². The van der Waals surface area contributed by atoms with E-state index in [0.29, 0.717) is 23.6 Å². The topological polar surface area (TPSA) is 64.9 Å². The number of rotatable bonds is 5. The highest BCUT2D eigenvalue weighted by Crippen LogP contribution is 2.15. The van der Waals surface area contributed by atoms with Crippen LogP contribution in [0.25, 0.3) is 0 Å². The van der Waals surface area contributed by atoms with Crippen LogP contribution in [0.3, 0.4) is 0 Å². The Balaban J connectivity index is 2.36. The van der Waals surface area contributed by atoms with E-state index in [1.54, 1.807) is 11.8 Å². The number of hydrogen-bond acceptors (Lipinski definition) is 5. The second kappa shape index (κ2) is 5.24. The van der Waals surface area contributed by atoms with Gasteiger partial charge in [-0.1, -0.05) is 13.8 Å². The highest BCUT2D eigenvalue weighted by atomic mass is 32.2. The van der Waals surface area contributed by atoms with Crippen LogP contribution in [0.15, 0.2) is 4.42 Å². The molecule has 0 amide bonds. The van der Waals surface area contributed by atoms with Crippen LogP contribution in [0.5, 0.6) is 0 Å².